The number of sulfonamides is 1. The molecule has 106 valence electrons. The highest BCUT2D eigenvalue weighted by atomic mass is 32.2. The van der Waals surface area contributed by atoms with Crippen LogP contribution < -0.4 is 10.5 Å². The van der Waals surface area contributed by atoms with Crippen molar-refractivity contribution in [2.45, 2.75) is 50.0 Å². The van der Waals surface area contributed by atoms with Crippen LogP contribution in [0, 0.1) is 5.92 Å². The Bertz CT molecular complexity index is 522. The molecule has 0 bridgehead atoms. The lowest BCUT2D eigenvalue weighted by Crippen LogP contribution is -2.37. The van der Waals surface area contributed by atoms with E-state index in [-0.39, 0.29) is 16.8 Å². The van der Waals surface area contributed by atoms with Crippen LogP contribution in [0.2, 0.25) is 0 Å². The van der Waals surface area contributed by atoms with Gasteiger partial charge in [0.1, 0.15) is 5.82 Å². The van der Waals surface area contributed by atoms with Gasteiger partial charge in [-0.3, -0.25) is 0 Å². The lowest BCUT2D eigenvalue weighted by Gasteiger charge is -2.28. The van der Waals surface area contributed by atoms with Gasteiger partial charge in [-0.25, -0.2) is 18.1 Å². The van der Waals surface area contributed by atoms with Crippen LogP contribution in [0.4, 0.5) is 5.82 Å². The van der Waals surface area contributed by atoms with Gasteiger partial charge in [-0.05, 0) is 37.7 Å². The largest absolute Gasteiger partial charge is 0.384 e. The van der Waals surface area contributed by atoms with E-state index < -0.39 is 10.0 Å². The molecule has 1 aliphatic rings. The number of pyridine rings is 1. The zero-order valence-corrected chi connectivity index (χ0v) is 12.0. The van der Waals surface area contributed by atoms with E-state index >= 15 is 0 Å². The molecule has 0 atom stereocenters. The Morgan fingerprint density at radius 3 is 2.63 bits per heavy atom. The summed E-state index contributed by atoms with van der Waals surface area (Å²) < 4.78 is 27.2. The molecule has 1 aliphatic carbocycles. The van der Waals surface area contributed by atoms with E-state index in [2.05, 4.69) is 16.6 Å². The van der Waals surface area contributed by atoms with Gasteiger partial charge < -0.3 is 5.73 Å². The zero-order valence-electron chi connectivity index (χ0n) is 11.2. The molecule has 1 heterocycles. The van der Waals surface area contributed by atoms with Crippen LogP contribution in [0.15, 0.2) is 23.2 Å². The highest BCUT2D eigenvalue weighted by Crippen LogP contribution is 2.27. The molecule has 3 N–H and O–H groups in total. The molecule has 0 aliphatic heterocycles. The number of nitrogens with zero attached hydrogens (tertiary/aromatic N) is 1. The molecule has 2 rings (SSSR count). The van der Waals surface area contributed by atoms with E-state index in [0.717, 1.165) is 31.6 Å². The molecular weight excluding hydrogens is 262 g/mol. The van der Waals surface area contributed by atoms with Gasteiger partial charge in [0.2, 0.25) is 10.0 Å². The third kappa shape index (κ3) is 3.67. The quantitative estimate of drug-likeness (QED) is 0.884. The Labute approximate surface area is 114 Å². The normalized spacial score (nSPS) is 24.3. The summed E-state index contributed by atoms with van der Waals surface area (Å²) in [6, 6.07) is 2.90. The molecule has 1 saturated carbocycles. The number of nitrogen functional groups attached to an aromatic ring is 1. The SMILES string of the molecule is CCC1CCC(NS(=O)(=O)c2ccnc(N)c2)CC1. The summed E-state index contributed by atoms with van der Waals surface area (Å²) in [5.74, 6) is 0.967. The van der Waals surface area contributed by atoms with Crippen LogP contribution in [-0.2, 0) is 10.0 Å². The molecular formula is C13H21N3O2S. The Morgan fingerprint density at radius 1 is 1.37 bits per heavy atom. The first-order valence-corrected chi connectivity index (χ1v) is 8.23. The summed E-state index contributed by atoms with van der Waals surface area (Å²) in [4.78, 5) is 4.00. The summed E-state index contributed by atoms with van der Waals surface area (Å²) >= 11 is 0. The fourth-order valence-electron chi connectivity index (χ4n) is 2.57. The Morgan fingerprint density at radius 2 is 2.05 bits per heavy atom. The van der Waals surface area contributed by atoms with Crippen molar-refractivity contribution >= 4 is 15.8 Å². The monoisotopic (exact) mass is 283 g/mol. The zero-order chi connectivity index (χ0) is 13.9. The lowest BCUT2D eigenvalue weighted by molar-refractivity contribution is 0.306. The maximum Gasteiger partial charge on any atom is 0.241 e. The van der Waals surface area contributed by atoms with Crippen molar-refractivity contribution in [3.63, 3.8) is 0 Å². The number of hydrogen-bond donors (Lipinski definition) is 2. The predicted octanol–water partition coefficient (Wildman–Crippen LogP) is 1.91. The second-order valence-corrected chi connectivity index (χ2v) is 6.88. The summed E-state index contributed by atoms with van der Waals surface area (Å²) in [7, 11) is -3.48. The lowest BCUT2D eigenvalue weighted by atomic mass is 9.85. The summed E-state index contributed by atoms with van der Waals surface area (Å²) in [6.45, 7) is 2.19. The first-order valence-electron chi connectivity index (χ1n) is 6.75. The van der Waals surface area contributed by atoms with Gasteiger partial charge >= 0.3 is 0 Å². The number of nitrogens with two attached hydrogens (primary N) is 1. The fourth-order valence-corrected chi connectivity index (χ4v) is 3.90. The average molecular weight is 283 g/mol. The second-order valence-electron chi connectivity index (χ2n) is 5.16. The third-order valence-corrected chi connectivity index (χ3v) is 5.33. The summed E-state index contributed by atoms with van der Waals surface area (Å²) in [5.41, 5.74) is 5.52. The van der Waals surface area contributed by atoms with E-state index in [4.69, 9.17) is 5.73 Å². The molecule has 1 aromatic rings. The maximum atomic E-state index is 12.2. The Hall–Kier alpha value is -1.14. The van der Waals surface area contributed by atoms with Gasteiger partial charge in [0.25, 0.3) is 0 Å². The van der Waals surface area contributed by atoms with Gasteiger partial charge in [-0.15, -0.1) is 0 Å². The first-order chi connectivity index (χ1) is 9.01. The van der Waals surface area contributed by atoms with Crippen LogP contribution >= 0.6 is 0 Å². The molecule has 0 spiro atoms. The van der Waals surface area contributed by atoms with Crippen molar-refractivity contribution in [1.29, 1.82) is 0 Å². The van der Waals surface area contributed by atoms with E-state index in [0.29, 0.717) is 0 Å². The minimum absolute atomic E-state index is 0.0437. The van der Waals surface area contributed by atoms with Gasteiger partial charge in [0.15, 0.2) is 0 Å². The van der Waals surface area contributed by atoms with Crippen LogP contribution in [0.1, 0.15) is 39.0 Å². The van der Waals surface area contributed by atoms with Crippen molar-refractivity contribution < 1.29 is 8.42 Å². The molecule has 6 heteroatoms. The van der Waals surface area contributed by atoms with Crippen molar-refractivity contribution in [2.75, 3.05) is 5.73 Å². The highest BCUT2D eigenvalue weighted by molar-refractivity contribution is 7.89. The van der Waals surface area contributed by atoms with Gasteiger partial charge in [-0.1, -0.05) is 13.3 Å². The molecule has 0 radical (unpaired) electrons. The molecule has 1 aromatic heterocycles. The van der Waals surface area contributed by atoms with Crippen molar-refractivity contribution in [3.8, 4) is 0 Å². The maximum absolute atomic E-state index is 12.2. The summed E-state index contributed by atoms with van der Waals surface area (Å²) in [5, 5.41) is 0. The first kappa shape index (κ1) is 14.3. The molecule has 5 nitrogen and oxygen atoms in total. The van der Waals surface area contributed by atoms with Crippen molar-refractivity contribution in [1.82, 2.24) is 9.71 Å². The number of rotatable bonds is 4. The highest BCUT2D eigenvalue weighted by Gasteiger charge is 2.25. The minimum Gasteiger partial charge on any atom is -0.384 e. The van der Waals surface area contributed by atoms with Crippen LogP contribution in [0.3, 0.4) is 0 Å². The molecule has 1 fully saturated rings. The number of anilines is 1. The Kier molecular flexibility index (Phi) is 4.42. The minimum atomic E-state index is -3.48. The standard InChI is InChI=1S/C13H21N3O2S/c1-2-10-3-5-11(6-4-10)16-19(17,18)12-7-8-15-13(14)9-12/h7-11,16H,2-6H2,1H3,(H2,14,15). The van der Waals surface area contributed by atoms with Crippen LogP contribution in [0.5, 0.6) is 0 Å². The van der Waals surface area contributed by atoms with Gasteiger partial charge in [0, 0.05) is 18.3 Å². The van der Waals surface area contributed by atoms with Crippen molar-refractivity contribution in [3.05, 3.63) is 18.3 Å². The van der Waals surface area contributed by atoms with E-state index in [1.54, 1.807) is 0 Å². The number of aromatic nitrogens is 1. The van der Waals surface area contributed by atoms with Crippen LogP contribution in [-0.4, -0.2) is 19.4 Å². The van der Waals surface area contributed by atoms with E-state index in [9.17, 15) is 8.42 Å². The van der Waals surface area contributed by atoms with E-state index in [1.165, 1.54) is 24.8 Å². The van der Waals surface area contributed by atoms with Gasteiger partial charge in [0.05, 0.1) is 4.90 Å². The molecule has 0 aromatic carbocycles. The average Bonchev–Trinajstić information content (AvgIpc) is 2.39. The fraction of sp³-hybridized carbons (Fsp3) is 0.615. The summed E-state index contributed by atoms with van der Waals surface area (Å²) in [6.07, 6.45) is 6.62. The van der Waals surface area contributed by atoms with E-state index in [1.807, 2.05) is 0 Å². The van der Waals surface area contributed by atoms with Crippen molar-refractivity contribution in [2.24, 2.45) is 5.92 Å². The number of nitrogens with one attached hydrogen (secondary N) is 1. The topological polar surface area (TPSA) is 85.1 Å². The predicted molar refractivity (Wildman–Crippen MR) is 75.0 cm³/mol. The number of hydrogen-bond acceptors (Lipinski definition) is 4. The van der Waals surface area contributed by atoms with Crippen LogP contribution in [0.25, 0.3) is 0 Å². The van der Waals surface area contributed by atoms with Gasteiger partial charge in [-0.2, -0.15) is 0 Å². The second kappa shape index (κ2) is 5.88. The smallest absolute Gasteiger partial charge is 0.241 e. The molecule has 0 amide bonds. The Balaban J connectivity index is 2.02. The molecule has 0 saturated heterocycles. The third-order valence-electron chi connectivity index (χ3n) is 3.81. The molecule has 19 heavy (non-hydrogen) atoms. The molecule has 0 unspecified atom stereocenters.